The number of nitrogens with one attached hydrogen (secondary N) is 1. The van der Waals surface area contributed by atoms with Crippen molar-refractivity contribution in [2.75, 3.05) is 12.4 Å². The van der Waals surface area contributed by atoms with Crippen molar-refractivity contribution in [1.82, 2.24) is 0 Å². The van der Waals surface area contributed by atoms with Crippen LogP contribution in [-0.4, -0.2) is 19.1 Å². The third-order valence-corrected chi connectivity index (χ3v) is 3.36. The molecule has 0 heterocycles. The Bertz CT molecular complexity index is 427. The first kappa shape index (κ1) is 12.2. The summed E-state index contributed by atoms with van der Waals surface area (Å²) in [5.41, 5.74) is 1.30. The van der Waals surface area contributed by atoms with Gasteiger partial charge in [0.15, 0.2) is 0 Å². The maximum Gasteiger partial charge on any atom is 0.339 e. The third kappa shape index (κ3) is 2.72. The van der Waals surface area contributed by atoms with Gasteiger partial charge in [-0.05, 0) is 37.0 Å². The van der Waals surface area contributed by atoms with Crippen LogP contribution in [-0.2, 0) is 4.74 Å². The molecule has 92 valence electrons. The van der Waals surface area contributed by atoms with Gasteiger partial charge in [0.2, 0.25) is 0 Å². The molecule has 0 radical (unpaired) electrons. The average Bonchev–Trinajstić information content (AvgIpc) is 2.26. The van der Waals surface area contributed by atoms with Crippen molar-refractivity contribution in [2.45, 2.75) is 25.8 Å². The van der Waals surface area contributed by atoms with Crippen molar-refractivity contribution in [3.63, 3.8) is 0 Å². The van der Waals surface area contributed by atoms with Crippen LogP contribution in [0.25, 0.3) is 0 Å². The third-order valence-electron chi connectivity index (χ3n) is 3.12. The molecule has 0 atom stereocenters. The molecule has 1 aliphatic carbocycles. The topological polar surface area (TPSA) is 38.3 Å². The molecule has 0 aliphatic heterocycles. The van der Waals surface area contributed by atoms with E-state index in [4.69, 9.17) is 16.3 Å². The quantitative estimate of drug-likeness (QED) is 0.840. The molecule has 1 saturated carbocycles. The molecule has 1 aromatic carbocycles. The van der Waals surface area contributed by atoms with Crippen LogP contribution in [0.5, 0.6) is 0 Å². The minimum Gasteiger partial charge on any atom is -0.465 e. The number of hydrogen-bond acceptors (Lipinski definition) is 3. The Kier molecular flexibility index (Phi) is 3.57. The Morgan fingerprint density at radius 3 is 2.76 bits per heavy atom. The predicted octanol–water partition coefficient (Wildman–Crippen LogP) is 3.34. The zero-order valence-electron chi connectivity index (χ0n) is 10.00. The maximum atomic E-state index is 11.6. The van der Waals surface area contributed by atoms with Crippen LogP contribution in [0, 0.1) is 5.92 Å². The van der Waals surface area contributed by atoms with E-state index in [9.17, 15) is 4.79 Å². The number of rotatable bonds is 3. The van der Waals surface area contributed by atoms with E-state index in [0.717, 1.165) is 24.4 Å². The number of esters is 1. The lowest BCUT2D eigenvalue weighted by molar-refractivity contribution is 0.0601. The van der Waals surface area contributed by atoms with Crippen molar-refractivity contribution in [1.29, 1.82) is 0 Å². The molecule has 1 aliphatic rings. The number of carbonyl (C=O) groups is 1. The van der Waals surface area contributed by atoms with E-state index in [0.29, 0.717) is 16.6 Å². The fraction of sp³-hybridized carbons (Fsp3) is 0.462. The first-order valence-electron chi connectivity index (χ1n) is 5.74. The molecule has 0 bridgehead atoms. The summed E-state index contributed by atoms with van der Waals surface area (Å²) in [5.74, 6) is 0.421. The summed E-state index contributed by atoms with van der Waals surface area (Å²) in [6.45, 7) is 2.22. The molecule has 0 aromatic heterocycles. The van der Waals surface area contributed by atoms with Crippen molar-refractivity contribution < 1.29 is 9.53 Å². The highest BCUT2D eigenvalue weighted by atomic mass is 35.5. The largest absolute Gasteiger partial charge is 0.465 e. The molecule has 1 fully saturated rings. The van der Waals surface area contributed by atoms with Crippen molar-refractivity contribution in [2.24, 2.45) is 5.92 Å². The number of carbonyl (C=O) groups excluding carboxylic acids is 1. The van der Waals surface area contributed by atoms with Gasteiger partial charge in [0.1, 0.15) is 0 Å². The van der Waals surface area contributed by atoms with E-state index < -0.39 is 0 Å². The van der Waals surface area contributed by atoms with E-state index in [-0.39, 0.29) is 5.97 Å². The summed E-state index contributed by atoms with van der Waals surface area (Å²) in [4.78, 5) is 11.6. The van der Waals surface area contributed by atoms with Crippen LogP contribution in [0.3, 0.4) is 0 Å². The Morgan fingerprint density at radius 1 is 1.47 bits per heavy atom. The standard InChI is InChI=1S/C13H16ClNO2/c1-8-5-10(6-8)15-12-7-9(14)3-4-11(12)13(16)17-2/h3-4,7-8,10,15H,5-6H2,1-2H3. The smallest absolute Gasteiger partial charge is 0.339 e. The van der Waals surface area contributed by atoms with E-state index >= 15 is 0 Å². The normalized spacial score (nSPS) is 22.8. The second-order valence-electron chi connectivity index (χ2n) is 4.60. The summed E-state index contributed by atoms with van der Waals surface area (Å²) in [7, 11) is 1.38. The summed E-state index contributed by atoms with van der Waals surface area (Å²) in [5, 5.41) is 3.97. The molecular formula is C13H16ClNO2. The molecule has 0 saturated heterocycles. The lowest BCUT2D eigenvalue weighted by Gasteiger charge is -2.34. The van der Waals surface area contributed by atoms with Gasteiger partial charge in [-0.1, -0.05) is 18.5 Å². The number of hydrogen-bond donors (Lipinski definition) is 1. The Hall–Kier alpha value is -1.22. The first-order valence-corrected chi connectivity index (χ1v) is 6.12. The molecule has 3 nitrogen and oxygen atoms in total. The summed E-state index contributed by atoms with van der Waals surface area (Å²) < 4.78 is 4.75. The minimum absolute atomic E-state index is 0.337. The molecule has 0 spiro atoms. The lowest BCUT2D eigenvalue weighted by atomic mass is 9.81. The highest BCUT2D eigenvalue weighted by Crippen LogP contribution is 2.31. The van der Waals surface area contributed by atoms with Crippen LogP contribution in [0.1, 0.15) is 30.1 Å². The van der Waals surface area contributed by atoms with E-state index in [1.807, 2.05) is 0 Å². The fourth-order valence-corrected chi connectivity index (χ4v) is 2.34. The van der Waals surface area contributed by atoms with Gasteiger partial charge in [-0.2, -0.15) is 0 Å². The number of halogens is 1. The van der Waals surface area contributed by atoms with Crippen molar-refractivity contribution >= 4 is 23.3 Å². The van der Waals surface area contributed by atoms with Gasteiger partial charge in [0.05, 0.1) is 18.4 Å². The van der Waals surface area contributed by atoms with Gasteiger partial charge in [0.25, 0.3) is 0 Å². The lowest BCUT2D eigenvalue weighted by Crippen LogP contribution is -2.34. The van der Waals surface area contributed by atoms with Crippen LogP contribution in [0.4, 0.5) is 5.69 Å². The van der Waals surface area contributed by atoms with Crippen LogP contribution >= 0.6 is 11.6 Å². The average molecular weight is 254 g/mol. The monoisotopic (exact) mass is 253 g/mol. The van der Waals surface area contributed by atoms with Gasteiger partial charge in [0, 0.05) is 11.1 Å². The fourth-order valence-electron chi connectivity index (χ4n) is 2.16. The predicted molar refractivity (Wildman–Crippen MR) is 68.6 cm³/mol. The minimum atomic E-state index is -0.337. The van der Waals surface area contributed by atoms with Crippen LogP contribution < -0.4 is 5.32 Å². The van der Waals surface area contributed by atoms with E-state index in [1.54, 1.807) is 18.2 Å². The zero-order chi connectivity index (χ0) is 12.4. The SMILES string of the molecule is COC(=O)c1ccc(Cl)cc1NC1CC(C)C1. The Morgan fingerprint density at radius 2 is 2.18 bits per heavy atom. The van der Waals surface area contributed by atoms with Crippen molar-refractivity contribution in [3.05, 3.63) is 28.8 Å². The zero-order valence-corrected chi connectivity index (χ0v) is 10.8. The van der Waals surface area contributed by atoms with Crippen LogP contribution in [0.15, 0.2) is 18.2 Å². The maximum absolute atomic E-state index is 11.6. The van der Waals surface area contributed by atoms with E-state index in [2.05, 4.69) is 12.2 Å². The number of ether oxygens (including phenoxy) is 1. The van der Waals surface area contributed by atoms with Gasteiger partial charge in [-0.15, -0.1) is 0 Å². The molecule has 17 heavy (non-hydrogen) atoms. The molecule has 0 unspecified atom stereocenters. The molecule has 1 aromatic rings. The van der Waals surface area contributed by atoms with Crippen molar-refractivity contribution in [3.8, 4) is 0 Å². The summed E-state index contributed by atoms with van der Waals surface area (Å²) in [6, 6.07) is 5.60. The van der Waals surface area contributed by atoms with E-state index in [1.165, 1.54) is 7.11 Å². The van der Waals surface area contributed by atoms with Crippen LogP contribution in [0.2, 0.25) is 5.02 Å². The first-order chi connectivity index (χ1) is 8.10. The summed E-state index contributed by atoms with van der Waals surface area (Å²) in [6.07, 6.45) is 2.26. The highest BCUT2D eigenvalue weighted by Gasteiger charge is 2.26. The number of methoxy groups -OCH3 is 1. The second-order valence-corrected chi connectivity index (χ2v) is 5.04. The highest BCUT2D eigenvalue weighted by molar-refractivity contribution is 6.31. The van der Waals surface area contributed by atoms with Gasteiger partial charge < -0.3 is 10.1 Å². The number of benzene rings is 1. The molecule has 1 N–H and O–H groups in total. The summed E-state index contributed by atoms with van der Waals surface area (Å²) >= 11 is 5.95. The molecule has 2 rings (SSSR count). The molecule has 0 amide bonds. The van der Waals surface area contributed by atoms with Gasteiger partial charge in [-0.25, -0.2) is 4.79 Å². The Balaban J connectivity index is 2.18. The van der Waals surface area contributed by atoms with Gasteiger partial charge in [-0.3, -0.25) is 0 Å². The number of anilines is 1. The molecule has 4 heteroatoms. The molecular weight excluding hydrogens is 238 g/mol. The second kappa shape index (κ2) is 4.96. The Labute approximate surface area is 106 Å². The van der Waals surface area contributed by atoms with Gasteiger partial charge >= 0.3 is 5.97 Å².